The van der Waals surface area contributed by atoms with E-state index in [2.05, 4.69) is 17.2 Å². The molecule has 1 N–H and O–H groups in total. The summed E-state index contributed by atoms with van der Waals surface area (Å²) in [4.78, 5) is 16.1. The van der Waals surface area contributed by atoms with E-state index in [1.54, 1.807) is 19.6 Å². The topological polar surface area (TPSA) is 56.1 Å². The van der Waals surface area contributed by atoms with Crippen LogP contribution in [-0.2, 0) is 11.3 Å². The van der Waals surface area contributed by atoms with Gasteiger partial charge in [-0.1, -0.05) is 19.1 Å². The van der Waals surface area contributed by atoms with Gasteiger partial charge in [0.15, 0.2) is 0 Å². The molecule has 0 fully saturated rings. The molecule has 112 valence electrons. The smallest absolute Gasteiger partial charge is 0.222 e. The van der Waals surface area contributed by atoms with E-state index in [1.807, 2.05) is 35.0 Å². The highest BCUT2D eigenvalue weighted by atomic mass is 16.5. The number of nitrogens with zero attached hydrogens (tertiary/aromatic N) is 2. The van der Waals surface area contributed by atoms with Crippen molar-refractivity contribution in [2.24, 2.45) is 0 Å². The zero-order valence-corrected chi connectivity index (χ0v) is 12.5. The lowest BCUT2D eigenvalue weighted by Crippen LogP contribution is -2.25. The first-order valence-electron chi connectivity index (χ1n) is 7.10. The molecule has 1 amide bonds. The minimum absolute atomic E-state index is 0.0476. The van der Waals surface area contributed by atoms with Crippen LogP contribution < -0.4 is 10.1 Å². The molecule has 0 saturated carbocycles. The van der Waals surface area contributed by atoms with Crippen LogP contribution in [0.5, 0.6) is 5.75 Å². The SMILES string of the molecule is CCC(CC(=O)NCc1ccc(OC)cc1)n1ccnc1. The third-order valence-electron chi connectivity index (χ3n) is 3.49. The lowest BCUT2D eigenvalue weighted by atomic mass is 10.1. The second kappa shape index (κ2) is 7.47. The van der Waals surface area contributed by atoms with Crippen molar-refractivity contribution in [3.8, 4) is 5.75 Å². The van der Waals surface area contributed by atoms with Crippen LogP contribution in [0.3, 0.4) is 0 Å². The third kappa shape index (κ3) is 4.34. The number of methoxy groups -OCH3 is 1. The van der Waals surface area contributed by atoms with Crippen LogP contribution in [0, 0.1) is 0 Å². The van der Waals surface area contributed by atoms with Gasteiger partial charge in [0.1, 0.15) is 5.75 Å². The van der Waals surface area contributed by atoms with E-state index in [0.717, 1.165) is 17.7 Å². The van der Waals surface area contributed by atoms with Gasteiger partial charge in [-0.05, 0) is 24.1 Å². The molecule has 1 unspecified atom stereocenters. The molecule has 0 aliphatic heterocycles. The fourth-order valence-corrected chi connectivity index (χ4v) is 2.18. The molecule has 2 rings (SSSR count). The molecule has 1 aromatic heterocycles. The van der Waals surface area contributed by atoms with Crippen molar-refractivity contribution >= 4 is 5.91 Å². The quantitative estimate of drug-likeness (QED) is 0.851. The van der Waals surface area contributed by atoms with E-state index >= 15 is 0 Å². The lowest BCUT2D eigenvalue weighted by molar-refractivity contribution is -0.122. The number of hydrogen-bond acceptors (Lipinski definition) is 3. The van der Waals surface area contributed by atoms with Crippen molar-refractivity contribution in [1.29, 1.82) is 0 Å². The van der Waals surface area contributed by atoms with E-state index in [9.17, 15) is 4.79 Å². The Morgan fingerprint density at radius 1 is 1.38 bits per heavy atom. The molecule has 1 atom stereocenters. The fraction of sp³-hybridized carbons (Fsp3) is 0.375. The Morgan fingerprint density at radius 3 is 2.71 bits per heavy atom. The van der Waals surface area contributed by atoms with Crippen LogP contribution in [0.1, 0.15) is 31.4 Å². The molecule has 2 aromatic rings. The van der Waals surface area contributed by atoms with Gasteiger partial charge in [-0.3, -0.25) is 4.79 Å². The van der Waals surface area contributed by atoms with E-state index in [4.69, 9.17) is 4.74 Å². The first-order chi connectivity index (χ1) is 10.2. The minimum atomic E-state index is 0.0476. The average Bonchev–Trinajstić information content (AvgIpc) is 3.05. The molecule has 0 aliphatic rings. The fourth-order valence-electron chi connectivity index (χ4n) is 2.18. The lowest BCUT2D eigenvalue weighted by Gasteiger charge is -2.16. The first kappa shape index (κ1) is 15.1. The predicted octanol–water partition coefficient (Wildman–Crippen LogP) is 2.55. The highest BCUT2D eigenvalue weighted by molar-refractivity contribution is 5.76. The highest BCUT2D eigenvalue weighted by Gasteiger charge is 2.13. The maximum atomic E-state index is 12.0. The van der Waals surface area contributed by atoms with Crippen LogP contribution in [0.25, 0.3) is 0 Å². The second-order valence-corrected chi connectivity index (χ2v) is 4.90. The molecular formula is C16H21N3O2. The minimum Gasteiger partial charge on any atom is -0.497 e. The number of ether oxygens (including phenoxy) is 1. The normalized spacial score (nSPS) is 11.9. The number of nitrogens with one attached hydrogen (secondary N) is 1. The standard InChI is InChI=1S/C16H21N3O2/c1-3-14(19-9-8-17-12-19)10-16(20)18-11-13-4-6-15(21-2)7-5-13/h4-9,12,14H,3,10-11H2,1-2H3,(H,18,20). The Bertz CT molecular complexity index is 549. The van der Waals surface area contributed by atoms with Gasteiger partial charge in [-0.2, -0.15) is 0 Å². The maximum Gasteiger partial charge on any atom is 0.222 e. The summed E-state index contributed by atoms with van der Waals surface area (Å²) in [7, 11) is 1.64. The van der Waals surface area contributed by atoms with Gasteiger partial charge in [0.05, 0.1) is 13.4 Å². The zero-order valence-electron chi connectivity index (χ0n) is 12.5. The van der Waals surface area contributed by atoms with Crippen LogP contribution in [0.4, 0.5) is 0 Å². The predicted molar refractivity (Wildman–Crippen MR) is 81.0 cm³/mol. The zero-order chi connectivity index (χ0) is 15.1. The Morgan fingerprint density at radius 2 is 2.14 bits per heavy atom. The number of carbonyl (C=O) groups is 1. The van der Waals surface area contributed by atoms with E-state index in [-0.39, 0.29) is 11.9 Å². The van der Waals surface area contributed by atoms with Gasteiger partial charge >= 0.3 is 0 Å². The van der Waals surface area contributed by atoms with Gasteiger partial charge in [-0.25, -0.2) is 4.98 Å². The molecule has 0 radical (unpaired) electrons. The number of carbonyl (C=O) groups excluding carboxylic acids is 1. The first-order valence-corrected chi connectivity index (χ1v) is 7.10. The van der Waals surface area contributed by atoms with Crippen LogP contribution >= 0.6 is 0 Å². The molecule has 1 heterocycles. The average molecular weight is 287 g/mol. The summed E-state index contributed by atoms with van der Waals surface area (Å²) < 4.78 is 7.09. The monoisotopic (exact) mass is 287 g/mol. The summed E-state index contributed by atoms with van der Waals surface area (Å²) in [6.45, 7) is 2.60. The number of aromatic nitrogens is 2. The summed E-state index contributed by atoms with van der Waals surface area (Å²) >= 11 is 0. The number of benzene rings is 1. The largest absolute Gasteiger partial charge is 0.497 e. The molecule has 0 saturated heterocycles. The highest BCUT2D eigenvalue weighted by Crippen LogP contribution is 2.15. The summed E-state index contributed by atoms with van der Waals surface area (Å²) in [5.74, 6) is 0.864. The Labute approximate surface area is 125 Å². The molecule has 21 heavy (non-hydrogen) atoms. The molecular weight excluding hydrogens is 266 g/mol. The van der Waals surface area contributed by atoms with Crippen molar-refractivity contribution in [2.75, 3.05) is 7.11 Å². The van der Waals surface area contributed by atoms with E-state index in [1.165, 1.54) is 0 Å². The van der Waals surface area contributed by atoms with Crippen molar-refractivity contribution in [3.63, 3.8) is 0 Å². The van der Waals surface area contributed by atoms with Crippen LogP contribution in [0.15, 0.2) is 43.0 Å². The van der Waals surface area contributed by atoms with Gasteiger partial charge < -0.3 is 14.6 Å². The number of rotatable bonds is 7. The molecule has 1 aromatic carbocycles. The number of amides is 1. The Kier molecular flexibility index (Phi) is 5.37. The summed E-state index contributed by atoms with van der Waals surface area (Å²) in [6.07, 6.45) is 6.74. The Balaban J connectivity index is 1.83. The summed E-state index contributed by atoms with van der Waals surface area (Å²) in [6, 6.07) is 7.84. The second-order valence-electron chi connectivity index (χ2n) is 4.90. The third-order valence-corrected chi connectivity index (χ3v) is 3.49. The van der Waals surface area contributed by atoms with Gasteiger partial charge in [0, 0.05) is 31.4 Å². The molecule has 5 nitrogen and oxygen atoms in total. The van der Waals surface area contributed by atoms with Gasteiger partial charge in [0.25, 0.3) is 0 Å². The summed E-state index contributed by atoms with van der Waals surface area (Å²) in [5.41, 5.74) is 1.06. The molecule has 0 bridgehead atoms. The van der Waals surface area contributed by atoms with Crippen molar-refractivity contribution in [1.82, 2.24) is 14.9 Å². The molecule has 5 heteroatoms. The van der Waals surface area contributed by atoms with E-state index < -0.39 is 0 Å². The van der Waals surface area contributed by atoms with Crippen LogP contribution in [0.2, 0.25) is 0 Å². The van der Waals surface area contributed by atoms with Crippen molar-refractivity contribution in [3.05, 3.63) is 48.5 Å². The Hall–Kier alpha value is -2.30. The molecule has 0 aliphatic carbocycles. The van der Waals surface area contributed by atoms with E-state index in [0.29, 0.717) is 13.0 Å². The number of imidazole rings is 1. The van der Waals surface area contributed by atoms with Gasteiger partial charge in [-0.15, -0.1) is 0 Å². The summed E-state index contributed by atoms with van der Waals surface area (Å²) in [5, 5.41) is 2.95. The number of hydrogen-bond donors (Lipinski definition) is 1. The maximum absolute atomic E-state index is 12.0. The van der Waals surface area contributed by atoms with Crippen molar-refractivity contribution < 1.29 is 9.53 Å². The molecule has 0 spiro atoms. The van der Waals surface area contributed by atoms with Crippen LogP contribution in [-0.4, -0.2) is 22.6 Å². The van der Waals surface area contributed by atoms with Gasteiger partial charge in [0.2, 0.25) is 5.91 Å². The van der Waals surface area contributed by atoms with Crippen molar-refractivity contribution in [2.45, 2.75) is 32.4 Å².